The van der Waals surface area contributed by atoms with Crippen LogP contribution in [0, 0.1) is 18.3 Å². The van der Waals surface area contributed by atoms with Gasteiger partial charge < -0.3 is 10.5 Å². The Morgan fingerprint density at radius 3 is 2.64 bits per heavy atom. The summed E-state index contributed by atoms with van der Waals surface area (Å²) >= 11 is 1.13. The minimum atomic E-state index is -0.0568. The number of carbonyl (C=O) groups excluding carboxylic acids is 1. The van der Waals surface area contributed by atoms with Crippen LogP contribution in [0.1, 0.15) is 26.5 Å². The number of nitrogen functional groups attached to an aromatic ring is 1. The van der Waals surface area contributed by atoms with Gasteiger partial charge in [0, 0.05) is 6.42 Å². The van der Waals surface area contributed by atoms with Crippen LogP contribution in [0.4, 0.5) is 5.69 Å². The first-order valence-electron chi connectivity index (χ1n) is 7.58. The fraction of sp³-hybridized carbons (Fsp3) is 0.105. The molecule has 5 nitrogen and oxygen atoms in total. The number of ketones is 1. The fourth-order valence-electron chi connectivity index (χ4n) is 2.30. The highest BCUT2D eigenvalue weighted by Gasteiger charge is 2.16. The lowest BCUT2D eigenvalue weighted by Gasteiger charge is -2.07. The van der Waals surface area contributed by atoms with Crippen molar-refractivity contribution < 1.29 is 9.53 Å². The van der Waals surface area contributed by atoms with Crippen LogP contribution in [0.25, 0.3) is 0 Å². The van der Waals surface area contributed by atoms with Gasteiger partial charge in [0.25, 0.3) is 0 Å². The number of hydrogen-bond acceptors (Lipinski definition) is 6. The van der Waals surface area contributed by atoms with E-state index in [1.807, 2.05) is 24.3 Å². The lowest BCUT2D eigenvalue weighted by molar-refractivity contribution is 0.0997. The Balaban J connectivity index is 1.73. The molecule has 124 valence electrons. The lowest BCUT2D eigenvalue weighted by atomic mass is 10.1. The molecule has 0 saturated heterocycles. The van der Waals surface area contributed by atoms with Crippen molar-refractivity contribution in [2.45, 2.75) is 13.3 Å². The van der Waals surface area contributed by atoms with Gasteiger partial charge in [-0.3, -0.25) is 4.79 Å². The van der Waals surface area contributed by atoms with Gasteiger partial charge >= 0.3 is 0 Å². The molecule has 1 heterocycles. The van der Waals surface area contributed by atoms with Gasteiger partial charge in [-0.2, -0.15) is 9.64 Å². The average molecular weight is 349 g/mol. The van der Waals surface area contributed by atoms with Gasteiger partial charge in [-0.1, -0.05) is 12.1 Å². The highest BCUT2D eigenvalue weighted by molar-refractivity contribution is 7.08. The Hall–Kier alpha value is -3.17. The normalized spacial score (nSPS) is 10.2. The number of ether oxygens (including phenoxy) is 1. The SMILES string of the molecule is Cc1nsc(C(=O)Cc2cccc(Oc3ccc(C#N)cc3)c2)c1N. The Morgan fingerprint density at radius 2 is 2.00 bits per heavy atom. The number of nitrogens with two attached hydrogens (primary N) is 1. The molecule has 3 rings (SSSR count). The summed E-state index contributed by atoms with van der Waals surface area (Å²) in [6.45, 7) is 1.79. The molecule has 25 heavy (non-hydrogen) atoms. The number of benzene rings is 2. The standard InChI is InChI=1S/C19H15N3O2S/c1-12-18(21)19(25-22-12)17(23)10-14-3-2-4-16(9-14)24-15-7-5-13(11-20)6-8-15/h2-9H,10,21H2,1H3. The fourth-order valence-corrected chi connectivity index (χ4v) is 3.04. The molecule has 0 aliphatic carbocycles. The summed E-state index contributed by atoms with van der Waals surface area (Å²) in [4.78, 5) is 12.9. The predicted molar refractivity (Wildman–Crippen MR) is 97.0 cm³/mol. The highest BCUT2D eigenvalue weighted by atomic mass is 32.1. The molecule has 0 radical (unpaired) electrons. The maximum absolute atomic E-state index is 12.4. The van der Waals surface area contributed by atoms with Crippen LogP contribution in [-0.4, -0.2) is 10.2 Å². The molecule has 3 aromatic rings. The van der Waals surface area contributed by atoms with Crippen LogP contribution in [0.2, 0.25) is 0 Å². The molecule has 0 aliphatic heterocycles. The molecule has 0 saturated carbocycles. The van der Waals surface area contributed by atoms with Crippen molar-refractivity contribution in [3.63, 3.8) is 0 Å². The third-order valence-corrected chi connectivity index (χ3v) is 4.64. The Labute approximate surface area is 149 Å². The summed E-state index contributed by atoms with van der Waals surface area (Å²) in [5.74, 6) is 1.20. The molecule has 6 heteroatoms. The van der Waals surface area contributed by atoms with Gasteiger partial charge in [0.2, 0.25) is 0 Å². The maximum Gasteiger partial charge on any atom is 0.180 e. The molecule has 0 unspecified atom stereocenters. The van der Waals surface area contributed by atoms with Crippen molar-refractivity contribution in [2.75, 3.05) is 5.73 Å². The van der Waals surface area contributed by atoms with Crippen LogP contribution >= 0.6 is 11.5 Å². The number of nitriles is 1. The maximum atomic E-state index is 12.4. The number of anilines is 1. The molecule has 0 amide bonds. The zero-order valence-electron chi connectivity index (χ0n) is 13.5. The van der Waals surface area contributed by atoms with E-state index in [4.69, 9.17) is 15.7 Å². The zero-order chi connectivity index (χ0) is 17.8. The number of nitrogens with zero attached hydrogens (tertiary/aromatic N) is 2. The van der Waals surface area contributed by atoms with Gasteiger partial charge in [-0.15, -0.1) is 0 Å². The van der Waals surface area contributed by atoms with Crippen LogP contribution in [0.15, 0.2) is 48.5 Å². The van der Waals surface area contributed by atoms with Gasteiger partial charge in [-0.05, 0) is 60.4 Å². The molecule has 2 N–H and O–H groups in total. The molecular formula is C19H15N3O2S. The monoisotopic (exact) mass is 349 g/mol. The van der Waals surface area contributed by atoms with Gasteiger partial charge in [-0.25, -0.2) is 0 Å². The molecule has 0 aliphatic rings. The second-order valence-corrected chi connectivity index (χ2v) is 6.27. The summed E-state index contributed by atoms with van der Waals surface area (Å²) in [5.41, 5.74) is 8.45. The van der Waals surface area contributed by atoms with Crippen molar-refractivity contribution in [3.8, 4) is 17.6 Å². The van der Waals surface area contributed by atoms with Gasteiger partial charge in [0.1, 0.15) is 16.4 Å². The topological polar surface area (TPSA) is 89.0 Å². The molecule has 0 spiro atoms. The molecular weight excluding hydrogens is 334 g/mol. The number of aryl methyl sites for hydroxylation is 1. The smallest absolute Gasteiger partial charge is 0.180 e. The van der Waals surface area contributed by atoms with E-state index in [0.717, 1.165) is 17.1 Å². The van der Waals surface area contributed by atoms with E-state index in [1.54, 1.807) is 31.2 Å². The third kappa shape index (κ3) is 3.84. The summed E-state index contributed by atoms with van der Waals surface area (Å²) in [6, 6.07) is 16.3. The molecule has 1 aromatic heterocycles. The molecule has 2 aromatic carbocycles. The van der Waals surface area contributed by atoms with E-state index >= 15 is 0 Å². The minimum absolute atomic E-state index is 0.0568. The number of hydrogen-bond donors (Lipinski definition) is 1. The quantitative estimate of drug-likeness (QED) is 0.700. The Bertz CT molecular complexity index is 956. The van der Waals surface area contributed by atoms with Crippen LogP contribution in [0.3, 0.4) is 0 Å². The lowest BCUT2D eigenvalue weighted by Crippen LogP contribution is -2.04. The van der Waals surface area contributed by atoms with Gasteiger partial charge in [0.05, 0.1) is 23.0 Å². The molecule has 0 bridgehead atoms. The predicted octanol–water partition coefficient (Wildman–Crippen LogP) is 4.12. The highest BCUT2D eigenvalue weighted by Crippen LogP contribution is 2.25. The van der Waals surface area contributed by atoms with E-state index in [0.29, 0.717) is 33.3 Å². The van der Waals surface area contributed by atoms with Crippen molar-refractivity contribution in [2.24, 2.45) is 0 Å². The average Bonchev–Trinajstić information content (AvgIpc) is 2.95. The summed E-state index contributed by atoms with van der Waals surface area (Å²) in [5, 5.41) is 8.82. The molecule has 0 fully saturated rings. The number of rotatable bonds is 5. The van der Waals surface area contributed by atoms with Crippen LogP contribution < -0.4 is 10.5 Å². The van der Waals surface area contributed by atoms with E-state index in [1.165, 1.54) is 0 Å². The second kappa shape index (κ2) is 7.16. The number of aromatic nitrogens is 1. The van der Waals surface area contributed by atoms with Crippen LogP contribution in [0.5, 0.6) is 11.5 Å². The summed E-state index contributed by atoms with van der Waals surface area (Å²) < 4.78 is 9.89. The Kier molecular flexibility index (Phi) is 4.78. The van der Waals surface area contributed by atoms with Crippen molar-refractivity contribution in [1.29, 1.82) is 5.26 Å². The van der Waals surface area contributed by atoms with E-state index in [9.17, 15) is 4.79 Å². The first kappa shape index (κ1) is 16.7. The summed E-state index contributed by atoms with van der Waals surface area (Å²) in [6.07, 6.45) is 0.233. The summed E-state index contributed by atoms with van der Waals surface area (Å²) in [7, 11) is 0. The van der Waals surface area contributed by atoms with E-state index < -0.39 is 0 Å². The van der Waals surface area contributed by atoms with Gasteiger partial charge in [0.15, 0.2) is 5.78 Å². The second-order valence-electron chi connectivity index (χ2n) is 5.50. The first-order valence-corrected chi connectivity index (χ1v) is 8.36. The minimum Gasteiger partial charge on any atom is -0.457 e. The van der Waals surface area contributed by atoms with Crippen molar-refractivity contribution >= 4 is 23.0 Å². The Morgan fingerprint density at radius 1 is 1.24 bits per heavy atom. The van der Waals surface area contributed by atoms with Crippen LogP contribution in [-0.2, 0) is 6.42 Å². The largest absolute Gasteiger partial charge is 0.457 e. The van der Waals surface area contributed by atoms with E-state index in [2.05, 4.69) is 10.4 Å². The van der Waals surface area contributed by atoms with Crippen molar-refractivity contribution in [3.05, 3.63) is 70.2 Å². The number of carbonyl (C=O) groups is 1. The third-order valence-electron chi connectivity index (χ3n) is 3.64. The molecule has 0 atom stereocenters. The number of Topliss-reactive ketones (excluding diaryl/α,β-unsaturated/α-hetero) is 1. The zero-order valence-corrected chi connectivity index (χ0v) is 14.3. The first-order chi connectivity index (χ1) is 12.1. The van der Waals surface area contributed by atoms with Crippen molar-refractivity contribution in [1.82, 2.24) is 4.37 Å². The van der Waals surface area contributed by atoms with E-state index in [-0.39, 0.29) is 12.2 Å².